The molecule has 1 heterocycles. The Morgan fingerprint density at radius 3 is 2.19 bits per heavy atom. The summed E-state index contributed by atoms with van der Waals surface area (Å²) >= 11 is 0. The molecule has 2 aliphatic carbocycles. The molecule has 3 rings (SSSR count). The van der Waals surface area contributed by atoms with Crippen LogP contribution in [-0.4, -0.2) is 20.9 Å². The lowest BCUT2D eigenvalue weighted by Gasteiger charge is -2.20. The molecule has 1 N–H and O–H groups in total. The second-order valence-electron chi connectivity index (χ2n) is 6.69. The topological polar surface area (TPSA) is 55.1 Å². The van der Waals surface area contributed by atoms with Crippen LogP contribution in [0.2, 0.25) is 0 Å². The molecule has 2 aliphatic rings. The van der Waals surface area contributed by atoms with Crippen molar-refractivity contribution in [1.29, 1.82) is 0 Å². The third kappa shape index (κ3) is 3.30. The van der Waals surface area contributed by atoms with Gasteiger partial charge in [-0.3, -0.25) is 4.68 Å². The van der Waals surface area contributed by atoms with E-state index in [9.17, 15) is 9.90 Å². The van der Waals surface area contributed by atoms with Gasteiger partial charge in [-0.1, -0.05) is 44.9 Å². The van der Waals surface area contributed by atoms with Gasteiger partial charge in [0.2, 0.25) is 0 Å². The van der Waals surface area contributed by atoms with E-state index in [1.807, 2.05) is 10.9 Å². The highest BCUT2D eigenvalue weighted by atomic mass is 16.4. The first-order chi connectivity index (χ1) is 10.3. The van der Waals surface area contributed by atoms with Crippen molar-refractivity contribution < 1.29 is 9.90 Å². The summed E-state index contributed by atoms with van der Waals surface area (Å²) in [5.74, 6) is -0.452. The van der Waals surface area contributed by atoms with Crippen molar-refractivity contribution in [2.24, 2.45) is 0 Å². The Hall–Kier alpha value is -1.32. The van der Waals surface area contributed by atoms with Gasteiger partial charge in [-0.05, 0) is 25.7 Å². The molecule has 0 radical (unpaired) electrons. The molecular weight excluding hydrogens is 264 g/mol. The number of hydrogen-bond donors (Lipinski definition) is 1. The van der Waals surface area contributed by atoms with E-state index in [2.05, 4.69) is 0 Å². The van der Waals surface area contributed by atoms with Gasteiger partial charge >= 0.3 is 5.97 Å². The van der Waals surface area contributed by atoms with Gasteiger partial charge in [0.25, 0.3) is 0 Å². The molecule has 4 heteroatoms. The number of carboxylic acids is 1. The van der Waals surface area contributed by atoms with E-state index in [0.29, 0.717) is 17.5 Å². The predicted octanol–water partition coefficient (Wildman–Crippen LogP) is 4.52. The number of rotatable bonds is 3. The summed E-state index contributed by atoms with van der Waals surface area (Å²) in [5, 5.41) is 14.3. The van der Waals surface area contributed by atoms with Gasteiger partial charge < -0.3 is 5.11 Å². The molecule has 0 amide bonds. The predicted molar refractivity (Wildman–Crippen MR) is 81.8 cm³/mol. The third-order valence-electron chi connectivity index (χ3n) is 5.18. The summed E-state index contributed by atoms with van der Waals surface area (Å²) in [7, 11) is 0. The second-order valence-corrected chi connectivity index (χ2v) is 6.69. The Balaban J connectivity index is 1.86. The van der Waals surface area contributed by atoms with Gasteiger partial charge in [-0.15, -0.1) is 0 Å². The van der Waals surface area contributed by atoms with Crippen LogP contribution in [0.4, 0.5) is 0 Å². The molecule has 0 bridgehead atoms. The van der Waals surface area contributed by atoms with Gasteiger partial charge in [-0.2, -0.15) is 5.10 Å². The van der Waals surface area contributed by atoms with Crippen molar-refractivity contribution in [1.82, 2.24) is 9.78 Å². The second kappa shape index (κ2) is 6.63. The lowest BCUT2D eigenvalue weighted by molar-refractivity contribution is 0.0694. The summed E-state index contributed by atoms with van der Waals surface area (Å²) in [6, 6.07) is 0.406. The van der Waals surface area contributed by atoms with Gasteiger partial charge in [-0.25, -0.2) is 4.79 Å². The van der Waals surface area contributed by atoms with Crippen molar-refractivity contribution in [2.45, 2.75) is 82.6 Å². The Labute approximate surface area is 126 Å². The van der Waals surface area contributed by atoms with Crippen LogP contribution in [0.5, 0.6) is 0 Å². The highest BCUT2D eigenvalue weighted by Gasteiger charge is 2.27. The van der Waals surface area contributed by atoms with Crippen LogP contribution in [0.15, 0.2) is 6.20 Å². The van der Waals surface area contributed by atoms with Gasteiger partial charge in [0.05, 0.1) is 11.7 Å². The van der Waals surface area contributed by atoms with Crippen LogP contribution in [-0.2, 0) is 0 Å². The molecule has 0 unspecified atom stereocenters. The molecule has 1 aromatic rings. The minimum atomic E-state index is -0.810. The van der Waals surface area contributed by atoms with Crippen molar-refractivity contribution in [3.8, 4) is 0 Å². The van der Waals surface area contributed by atoms with E-state index in [1.54, 1.807) is 0 Å². The van der Waals surface area contributed by atoms with E-state index < -0.39 is 5.97 Å². The third-order valence-corrected chi connectivity index (χ3v) is 5.18. The van der Waals surface area contributed by atoms with Crippen molar-refractivity contribution in [2.75, 3.05) is 0 Å². The summed E-state index contributed by atoms with van der Waals surface area (Å²) in [6.45, 7) is 0. The normalized spacial score (nSPS) is 22.1. The average Bonchev–Trinajstić information content (AvgIpc) is 2.77. The molecule has 0 aromatic carbocycles. The Kier molecular flexibility index (Phi) is 4.61. The van der Waals surface area contributed by atoms with E-state index in [0.717, 1.165) is 31.4 Å². The Morgan fingerprint density at radius 1 is 1.00 bits per heavy atom. The number of nitrogens with zero attached hydrogens (tertiary/aromatic N) is 2. The monoisotopic (exact) mass is 290 g/mol. The molecule has 0 aliphatic heterocycles. The first-order valence-corrected chi connectivity index (χ1v) is 8.58. The number of aromatic carboxylic acids is 1. The first kappa shape index (κ1) is 14.6. The van der Waals surface area contributed by atoms with Crippen LogP contribution < -0.4 is 0 Å². The van der Waals surface area contributed by atoms with E-state index in [-0.39, 0.29) is 0 Å². The van der Waals surface area contributed by atoms with Crippen LogP contribution in [0.3, 0.4) is 0 Å². The molecule has 21 heavy (non-hydrogen) atoms. The molecule has 116 valence electrons. The first-order valence-electron chi connectivity index (χ1n) is 8.58. The van der Waals surface area contributed by atoms with Crippen LogP contribution in [0.25, 0.3) is 0 Å². The summed E-state index contributed by atoms with van der Waals surface area (Å²) in [6.07, 6.45) is 15.1. The maximum absolute atomic E-state index is 11.6. The number of carboxylic acid groups (broad SMARTS) is 1. The summed E-state index contributed by atoms with van der Waals surface area (Å²) in [5.41, 5.74) is 1.30. The zero-order chi connectivity index (χ0) is 14.7. The molecule has 2 saturated carbocycles. The number of hydrogen-bond acceptors (Lipinski definition) is 2. The average molecular weight is 290 g/mol. The molecule has 0 atom stereocenters. The maximum Gasteiger partial charge on any atom is 0.339 e. The molecule has 0 spiro atoms. The van der Waals surface area contributed by atoms with Crippen molar-refractivity contribution in [3.63, 3.8) is 0 Å². The lowest BCUT2D eigenvalue weighted by atomic mass is 9.85. The van der Waals surface area contributed by atoms with Crippen molar-refractivity contribution in [3.05, 3.63) is 17.5 Å². The van der Waals surface area contributed by atoms with Gasteiger partial charge in [0.1, 0.15) is 5.56 Å². The smallest absolute Gasteiger partial charge is 0.339 e. The van der Waals surface area contributed by atoms with Crippen LogP contribution in [0, 0.1) is 0 Å². The molecule has 0 saturated heterocycles. The fourth-order valence-electron chi connectivity index (χ4n) is 3.96. The SMILES string of the molecule is O=C(O)c1cn(C2CCCCCC2)nc1C1CCCCC1. The Morgan fingerprint density at radius 2 is 1.57 bits per heavy atom. The zero-order valence-electron chi connectivity index (χ0n) is 12.8. The highest BCUT2D eigenvalue weighted by Crippen LogP contribution is 2.35. The minimum Gasteiger partial charge on any atom is -0.478 e. The molecule has 2 fully saturated rings. The maximum atomic E-state index is 11.6. The Bertz CT molecular complexity index is 481. The quantitative estimate of drug-likeness (QED) is 0.832. The van der Waals surface area contributed by atoms with E-state index in [1.165, 1.54) is 44.9 Å². The number of carbonyl (C=O) groups is 1. The van der Waals surface area contributed by atoms with Gasteiger partial charge in [0, 0.05) is 12.1 Å². The number of aromatic nitrogens is 2. The largest absolute Gasteiger partial charge is 0.478 e. The fraction of sp³-hybridized carbons (Fsp3) is 0.765. The van der Waals surface area contributed by atoms with Gasteiger partial charge in [0.15, 0.2) is 0 Å². The summed E-state index contributed by atoms with van der Waals surface area (Å²) < 4.78 is 1.98. The van der Waals surface area contributed by atoms with Crippen molar-refractivity contribution >= 4 is 5.97 Å². The highest BCUT2D eigenvalue weighted by molar-refractivity contribution is 5.88. The minimum absolute atomic E-state index is 0.358. The van der Waals surface area contributed by atoms with E-state index in [4.69, 9.17) is 5.10 Å². The molecular formula is C17H26N2O2. The molecule has 4 nitrogen and oxygen atoms in total. The van der Waals surface area contributed by atoms with Crippen LogP contribution in [0.1, 0.15) is 98.6 Å². The van der Waals surface area contributed by atoms with E-state index >= 15 is 0 Å². The standard InChI is InChI=1S/C17H26N2O2/c20-17(21)15-12-19(14-10-6-1-2-7-11-14)18-16(15)13-8-4-3-5-9-13/h12-14H,1-11H2,(H,20,21). The molecule has 1 aromatic heterocycles. The zero-order valence-corrected chi connectivity index (χ0v) is 12.8. The van der Waals surface area contributed by atoms with Crippen LogP contribution >= 0.6 is 0 Å². The lowest BCUT2D eigenvalue weighted by Crippen LogP contribution is -2.11. The summed E-state index contributed by atoms with van der Waals surface area (Å²) in [4.78, 5) is 11.6. The fourth-order valence-corrected chi connectivity index (χ4v) is 3.96.